The van der Waals surface area contributed by atoms with Crippen LogP contribution in [0.3, 0.4) is 0 Å². The van der Waals surface area contributed by atoms with Gasteiger partial charge in [-0.05, 0) is 12.2 Å². The van der Waals surface area contributed by atoms with E-state index in [-0.39, 0.29) is 5.82 Å². The number of aromatic nitrogens is 2. The predicted molar refractivity (Wildman–Crippen MR) is 65.7 cm³/mol. The van der Waals surface area contributed by atoms with E-state index in [0.717, 1.165) is 17.9 Å². The zero-order valence-electron chi connectivity index (χ0n) is 9.40. The standard InChI is InChI=1S/C10H15FN4S/c1-12-10-13-5-8(11)9(14-10)15(2)7-3-4-16-6-7/h5,7H,3-4,6H2,1-2H3,(H,12,13,14). The maximum atomic E-state index is 13.6. The van der Waals surface area contributed by atoms with Crippen molar-refractivity contribution in [1.82, 2.24) is 9.97 Å². The van der Waals surface area contributed by atoms with Crippen LogP contribution in [0.15, 0.2) is 6.20 Å². The van der Waals surface area contributed by atoms with E-state index in [2.05, 4.69) is 15.3 Å². The molecule has 0 spiro atoms. The molecule has 2 rings (SSSR count). The Morgan fingerprint density at radius 2 is 2.44 bits per heavy atom. The van der Waals surface area contributed by atoms with Crippen molar-refractivity contribution in [2.24, 2.45) is 0 Å². The summed E-state index contributed by atoms with van der Waals surface area (Å²) in [7, 11) is 3.61. The third-order valence-corrected chi connectivity index (χ3v) is 3.88. The highest BCUT2D eigenvalue weighted by Gasteiger charge is 2.23. The van der Waals surface area contributed by atoms with Gasteiger partial charge in [0.1, 0.15) is 0 Å². The minimum absolute atomic E-state index is 0.363. The molecule has 1 aromatic heterocycles. The molecular formula is C10H15FN4S. The fourth-order valence-electron chi connectivity index (χ4n) is 1.73. The van der Waals surface area contributed by atoms with Crippen molar-refractivity contribution in [2.45, 2.75) is 12.5 Å². The molecule has 16 heavy (non-hydrogen) atoms. The molecular weight excluding hydrogens is 227 g/mol. The van der Waals surface area contributed by atoms with E-state index >= 15 is 0 Å². The number of nitrogens with one attached hydrogen (secondary N) is 1. The molecule has 88 valence electrons. The number of halogens is 1. The molecule has 0 bridgehead atoms. The highest BCUT2D eigenvalue weighted by Crippen LogP contribution is 2.26. The molecule has 1 aliphatic heterocycles. The highest BCUT2D eigenvalue weighted by atomic mass is 32.2. The number of nitrogens with zero attached hydrogens (tertiary/aromatic N) is 3. The fraction of sp³-hybridized carbons (Fsp3) is 0.600. The summed E-state index contributed by atoms with van der Waals surface area (Å²) in [4.78, 5) is 9.91. The Kier molecular flexibility index (Phi) is 3.48. The van der Waals surface area contributed by atoms with E-state index in [1.807, 2.05) is 23.7 Å². The van der Waals surface area contributed by atoms with E-state index in [1.165, 1.54) is 6.20 Å². The Morgan fingerprint density at radius 3 is 3.06 bits per heavy atom. The lowest BCUT2D eigenvalue weighted by atomic mass is 10.2. The second-order valence-electron chi connectivity index (χ2n) is 3.74. The first-order valence-corrected chi connectivity index (χ1v) is 6.38. The summed E-state index contributed by atoms with van der Waals surface area (Å²) in [5.74, 6) is 2.65. The van der Waals surface area contributed by atoms with Crippen LogP contribution in [0.4, 0.5) is 16.2 Å². The normalized spacial score (nSPS) is 19.8. The molecule has 1 aromatic rings. The quantitative estimate of drug-likeness (QED) is 0.872. The number of thioether (sulfide) groups is 1. The third-order valence-electron chi connectivity index (χ3n) is 2.74. The number of hydrogen-bond donors (Lipinski definition) is 1. The van der Waals surface area contributed by atoms with E-state index < -0.39 is 0 Å². The van der Waals surface area contributed by atoms with Gasteiger partial charge in [-0.25, -0.2) is 9.37 Å². The molecule has 0 amide bonds. The van der Waals surface area contributed by atoms with Gasteiger partial charge in [0.2, 0.25) is 5.95 Å². The van der Waals surface area contributed by atoms with Gasteiger partial charge in [0.05, 0.1) is 6.20 Å². The molecule has 0 aliphatic carbocycles. The highest BCUT2D eigenvalue weighted by molar-refractivity contribution is 7.99. The topological polar surface area (TPSA) is 41.1 Å². The van der Waals surface area contributed by atoms with Crippen molar-refractivity contribution >= 4 is 23.5 Å². The first-order chi connectivity index (χ1) is 7.72. The van der Waals surface area contributed by atoms with Gasteiger partial charge in [-0.15, -0.1) is 0 Å². The van der Waals surface area contributed by atoms with Crippen molar-refractivity contribution < 1.29 is 4.39 Å². The molecule has 2 heterocycles. The number of anilines is 2. The molecule has 0 aromatic carbocycles. The van der Waals surface area contributed by atoms with Gasteiger partial charge >= 0.3 is 0 Å². The van der Waals surface area contributed by atoms with E-state index in [4.69, 9.17) is 0 Å². The molecule has 1 atom stereocenters. The van der Waals surface area contributed by atoms with Gasteiger partial charge < -0.3 is 10.2 Å². The summed E-state index contributed by atoms with van der Waals surface area (Å²) in [6.07, 6.45) is 2.30. The third kappa shape index (κ3) is 2.21. The Hall–Kier alpha value is -1.04. The second kappa shape index (κ2) is 4.86. The molecule has 0 saturated carbocycles. The molecule has 1 aliphatic rings. The van der Waals surface area contributed by atoms with Crippen LogP contribution in [-0.4, -0.2) is 41.6 Å². The summed E-state index contributed by atoms with van der Waals surface area (Å²) in [5.41, 5.74) is 0. The first-order valence-electron chi connectivity index (χ1n) is 5.23. The molecule has 1 fully saturated rings. The van der Waals surface area contributed by atoms with Crippen LogP contribution < -0.4 is 10.2 Å². The molecule has 0 radical (unpaired) electrons. The summed E-state index contributed by atoms with van der Waals surface area (Å²) < 4.78 is 13.6. The van der Waals surface area contributed by atoms with E-state index in [0.29, 0.717) is 17.8 Å². The van der Waals surface area contributed by atoms with Crippen LogP contribution in [0.25, 0.3) is 0 Å². The van der Waals surface area contributed by atoms with Crippen LogP contribution in [0.1, 0.15) is 6.42 Å². The first kappa shape index (κ1) is 11.4. The Morgan fingerprint density at radius 1 is 1.62 bits per heavy atom. The lowest BCUT2D eigenvalue weighted by molar-refractivity contribution is 0.592. The van der Waals surface area contributed by atoms with Crippen LogP contribution in [0.5, 0.6) is 0 Å². The number of hydrogen-bond acceptors (Lipinski definition) is 5. The van der Waals surface area contributed by atoms with Crippen molar-refractivity contribution in [3.63, 3.8) is 0 Å². The van der Waals surface area contributed by atoms with Gasteiger partial charge in [-0.1, -0.05) is 0 Å². The Labute approximate surface area is 98.7 Å². The summed E-state index contributed by atoms with van der Waals surface area (Å²) in [5, 5.41) is 2.82. The van der Waals surface area contributed by atoms with Gasteiger partial charge in [-0.2, -0.15) is 16.7 Å². The lowest BCUT2D eigenvalue weighted by Crippen LogP contribution is -2.33. The second-order valence-corrected chi connectivity index (χ2v) is 4.89. The molecule has 6 heteroatoms. The summed E-state index contributed by atoms with van der Waals surface area (Å²) in [6, 6.07) is 0.374. The zero-order valence-corrected chi connectivity index (χ0v) is 10.2. The van der Waals surface area contributed by atoms with Crippen LogP contribution in [0.2, 0.25) is 0 Å². The Balaban J connectivity index is 2.23. The molecule has 1 unspecified atom stereocenters. The molecule has 4 nitrogen and oxygen atoms in total. The maximum absolute atomic E-state index is 13.6. The fourth-order valence-corrected chi connectivity index (χ4v) is 2.99. The average Bonchev–Trinajstić information content (AvgIpc) is 2.82. The van der Waals surface area contributed by atoms with Crippen LogP contribution >= 0.6 is 11.8 Å². The maximum Gasteiger partial charge on any atom is 0.224 e. The zero-order chi connectivity index (χ0) is 11.5. The summed E-state index contributed by atoms with van der Waals surface area (Å²) in [6.45, 7) is 0. The minimum atomic E-state index is -0.363. The SMILES string of the molecule is CNc1ncc(F)c(N(C)C2CCSC2)n1. The Bertz CT molecular complexity index is 368. The van der Waals surface area contributed by atoms with Crippen molar-refractivity contribution in [3.8, 4) is 0 Å². The predicted octanol–water partition coefficient (Wildman–Crippen LogP) is 1.60. The largest absolute Gasteiger partial charge is 0.357 e. The molecule has 1 N–H and O–H groups in total. The number of rotatable bonds is 3. The van der Waals surface area contributed by atoms with E-state index in [1.54, 1.807) is 7.05 Å². The van der Waals surface area contributed by atoms with Crippen molar-refractivity contribution in [3.05, 3.63) is 12.0 Å². The average molecular weight is 242 g/mol. The van der Waals surface area contributed by atoms with E-state index in [9.17, 15) is 4.39 Å². The van der Waals surface area contributed by atoms with Crippen LogP contribution in [0, 0.1) is 5.82 Å². The van der Waals surface area contributed by atoms with Gasteiger partial charge in [0.15, 0.2) is 11.6 Å². The van der Waals surface area contributed by atoms with Crippen molar-refractivity contribution in [2.75, 3.05) is 35.8 Å². The minimum Gasteiger partial charge on any atom is -0.357 e. The lowest BCUT2D eigenvalue weighted by Gasteiger charge is -2.25. The van der Waals surface area contributed by atoms with Gasteiger partial charge in [-0.3, -0.25) is 0 Å². The molecule has 1 saturated heterocycles. The van der Waals surface area contributed by atoms with Crippen molar-refractivity contribution in [1.29, 1.82) is 0 Å². The monoisotopic (exact) mass is 242 g/mol. The summed E-state index contributed by atoms with van der Waals surface area (Å²) >= 11 is 1.90. The smallest absolute Gasteiger partial charge is 0.224 e. The van der Waals surface area contributed by atoms with Crippen LogP contribution in [-0.2, 0) is 0 Å². The van der Waals surface area contributed by atoms with Gasteiger partial charge in [0, 0.05) is 25.9 Å². The van der Waals surface area contributed by atoms with Gasteiger partial charge in [0.25, 0.3) is 0 Å².